The fraction of sp³-hybridized carbons (Fsp3) is 0.500. The van der Waals surface area contributed by atoms with Crippen LogP contribution in [0.4, 0.5) is 5.82 Å². The molecule has 2 aromatic heterocycles. The average Bonchev–Trinajstić information content (AvgIpc) is 2.82. The molecule has 2 rings (SSSR count). The molecular formula is C14H20ClN3S. The van der Waals surface area contributed by atoms with Crippen molar-refractivity contribution in [2.75, 3.05) is 24.0 Å². The number of halogens is 1. The van der Waals surface area contributed by atoms with Gasteiger partial charge in [0.15, 0.2) is 5.82 Å². The van der Waals surface area contributed by atoms with Crippen molar-refractivity contribution in [2.45, 2.75) is 25.3 Å². The summed E-state index contributed by atoms with van der Waals surface area (Å²) < 4.78 is 2.07. The first-order valence-corrected chi connectivity index (χ1v) is 8.39. The number of pyridine rings is 1. The molecule has 5 heteroatoms. The lowest BCUT2D eigenvalue weighted by Crippen LogP contribution is -2.34. The molecule has 104 valence electrons. The third-order valence-electron chi connectivity index (χ3n) is 3.45. The molecule has 19 heavy (non-hydrogen) atoms. The first kappa shape index (κ1) is 14.5. The zero-order valence-electron chi connectivity index (χ0n) is 11.6. The van der Waals surface area contributed by atoms with Crippen LogP contribution in [-0.2, 0) is 5.88 Å². The summed E-state index contributed by atoms with van der Waals surface area (Å²) in [4.78, 5) is 6.99. The maximum Gasteiger partial charge on any atom is 0.152 e. The largest absolute Gasteiger partial charge is 0.354 e. The smallest absolute Gasteiger partial charge is 0.152 e. The summed E-state index contributed by atoms with van der Waals surface area (Å²) in [6.45, 7) is 2.22. The van der Waals surface area contributed by atoms with Gasteiger partial charge in [0.05, 0.1) is 11.6 Å². The number of aromatic nitrogens is 2. The second-order valence-electron chi connectivity index (χ2n) is 4.57. The lowest BCUT2D eigenvalue weighted by molar-refractivity contribution is 0.665. The van der Waals surface area contributed by atoms with Gasteiger partial charge in [-0.3, -0.25) is 0 Å². The van der Waals surface area contributed by atoms with Gasteiger partial charge in [0.25, 0.3) is 0 Å². The summed E-state index contributed by atoms with van der Waals surface area (Å²) in [7, 11) is 2.11. The number of fused-ring (bicyclic) bond motifs is 1. The fourth-order valence-corrected chi connectivity index (χ4v) is 3.40. The van der Waals surface area contributed by atoms with Crippen LogP contribution in [0.15, 0.2) is 24.4 Å². The Bertz CT molecular complexity index is 540. The van der Waals surface area contributed by atoms with Gasteiger partial charge >= 0.3 is 0 Å². The minimum absolute atomic E-state index is 0.473. The lowest BCUT2D eigenvalue weighted by atomic mass is 10.2. The highest BCUT2D eigenvalue weighted by atomic mass is 35.5. The molecule has 2 aromatic rings. The molecule has 1 unspecified atom stereocenters. The van der Waals surface area contributed by atoms with Gasteiger partial charge in [-0.1, -0.05) is 13.0 Å². The van der Waals surface area contributed by atoms with Crippen LogP contribution in [0, 0.1) is 0 Å². The van der Waals surface area contributed by atoms with Crippen molar-refractivity contribution in [2.24, 2.45) is 0 Å². The van der Waals surface area contributed by atoms with Gasteiger partial charge in [-0.15, -0.1) is 11.6 Å². The standard InChI is InChI=1S/C14H20ClN3S/c1-4-11(10-19-3)17(2)14-12(9-15)18-8-6-5-7-13(18)16-14/h5-8,11H,4,9-10H2,1-3H3. The van der Waals surface area contributed by atoms with Crippen LogP contribution in [0.1, 0.15) is 19.0 Å². The van der Waals surface area contributed by atoms with Crippen molar-refractivity contribution < 1.29 is 0 Å². The van der Waals surface area contributed by atoms with Gasteiger partial charge in [-0.25, -0.2) is 4.98 Å². The van der Waals surface area contributed by atoms with Gasteiger partial charge in [0.1, 0.15) is 5.65 Å². The average molecular weight is 298 g/mol. The topological polar surface area (TPSA) is 20.5 Å². The molecule has 0 aliphatic rings. The molecule has 0 radical (unpaired) electrons. The summed E-state index contributed by atoms with van der Waals surface area (Å²) in [6.07, 6.45) is 5.27. The number of thioether (sulfide) groups is 1. The van der Waals surface area contributed by atoms with Crippen molar-refractivity contribution in [3.8, 4) is 0 Å². The summed E-state index contributed by atoms with van der Waals surface area (Å²) >= 11 is 8.00. The van der Waals surface area contributed by atoms with E-state index in [1.54, 1.807) is 0 Å². The van der Waals surface area contributed by atoms with Gasteiger partial charge in [-0.05, 0) is 24.8 Å². The number of rotatable bonds is 6. The van der Waals surface area contributed by atoms with E-state index in [0.717, 1.165) is 29.3 Å². The zero-order valence-corrected chi connectivity index (χ0v) is 13.2. The van der Waals surface area contributed by atoms with Gasteiger partial charge < -0.3 is 9.30 Å². The molecule has 0 amide bonds. The second kappa shape index (κ2) is 6.53. The first-order valence-electron chi connectivity index (χ1n) is 6.46. The summed E-state index contributed by atoms with van der Waals surface area (Å²) in [5.41, 5.74) is 2.03. The Hall–Kier alpha value is -0.870. The number of nitrogens with zero attached hydrogens (tertiary/aromatic N) is 3. The molecule has 0 spiro atoms. The van der Waals surface area contributed by atoms with E-state index in [1.165, 1.54) is 0 Å². The normalized spacial score (nSPS) is 12.8. The van der Waals surface area contributed by atoms with Gasteiger partial charge in [-0.2, -0.15) is 11.8 Å². The van der Waals surface area contributed by atoms with Crippen molar-refractivity contribution in [3.63, 3.8) is 0 Å². The lowest BCUT2D eigenvalue weighted by Gasteiger charge is -2.27. The number of anilines is 1. The predicted molar refractivity (Wildman–Crippen MR) is 85.6 cm³/mol. The van der Waals surface area contributed by atoms with Crippen LogP contribution >= 0.6 is 23.4 Å². The summed E-state index contributed by atoms with van der Waals surface area (Å²) in [6, 6.07) is 6.52. The van der Waals surface area contributed by atoms with E-state index < -0.39 is 0 Å². The quantitative estimate of drug-likeness (QED) is 0.759. The van der Waals surface area contributed by atoms with Crippen LogP contribution in [0.3, 0.4) is 0 Å². The molecule has 0 saturated carbocycles. The molecule has 0 aliphatic carbocycles. The molecule has 0 bridgehead atoms. The number of alkyl halides is 1. The molecule has 0 N–H and O–H groups in total. The Labute approximate surface area is 124 Å². The Morgan fingerprint density at radius 1 is 1.47 bits per heavy atom. The third-order valence-corrected chi connectivity index (χ3v) is 4.42. The Morgan fingerprint density at radius 2 is 2.26 bits per heavy atom. The van der Waals surface area contributed by atoms with Crippen molar-refractivity contribution in [3.05, 3.63) is 30.1 Å². The predicted octanol–water partition coefficient (Wildman–Crippen LogP) is 3.65. The highest BCUT2D eigenvalue weighted by Crippen LogP contribution is 2.25. The van der Waals surface area contributed by atoms with Crippen molar-refractivity contribution in [1.29, 1.82) is 0 Å². The Kier molecular flexibility index (Phi) is 4.99. The van der Waals surface area contributed by atoms with E-state index in [1.807, 2.05) is 36.2 Å². The Morgan fingerprint density at radius 3 is 2.89 bits per heavy atom. The molecule has 2 heterocycles. The van der Waals surface area contributed by atoms with E-state index in [0.29, 0.717) is 11.9 Å². The first-order chi connectivity index (χ1) is 9.22. The van der Waals surface area contributed by atoms with Crippen LogP contribution in [-0.4, -0.2) is 34.5 Å². The fourth-order valence-electron chi connectivity index (χ4n) is 2.31. The van der Waals surface area contributed by atoms with E-state index in [9.17, 15) is 0 Å². The zero-order chi connectivity index (χ0) is 13.8. The van der Waals surface area contributed by atoms with Crippen molar-refractivity contribution >= 4 is 34.8 Å². The van der Waals surface area contributed by atoms with Gasteiger partial charge in [0, 0.05) is 25.0 Å². The third kappa shape index (κ3) is 2.84. The molecule has 1 atom stereocenters. The number of hydrogen-bond acceptors (Lipinski definition) is 3. The molecule has 0 aliphatic heterocycles. The molecule has 0 fully saturated rings. The van der Waals surface area contributed by atoms with Crippen molar-refractivity contribution in [1.82, 2.24) is 9.38 Å². The van der Waals surface area contributed by atoms with Crippen LogP contribution in [0.5, 0.6) is 0 Å². The van der Waals surface area contributed by atoms with Gasteiger partial charge in [0.2, 0.25) is 0 Å². The summed E-state index contributed by atoms with van der Waals surface area (Å²) in [5, 5.41) is 0. The maximum atomic E-state index is 6.13. The molecule has 0 aromatic carbocycles. The van der Waals surface area contributed by atoms with Crippen LogP contribution in [0.25, 0.3) is 5.65 Å². The number of hydrogen-bond donors (Lipinski definition) is 0. The molecule has 0 saturated heterocycles. The number of imidazole rings is 1. The SMILES string of the molecule is CCC(CSC)N(C)c1nc2ccccn2c1CCl. The monoisotopic (exact) mass is 297 g/mol. The highest BCUT2D eigenvalue weighted by Gasteiger charge is 2.20. The van der Waals surface area contributed by atoms with E-state index in [4.69, 9.17) is 16.6 Å². The highest BCUT2D eigenvalue weighted by molar-refractivity contribution is 7.98. The van der Waals surface area contributed by atoms with E-state index in [2.05, 4.69) is 29.5 Å². The Balaban J connectivity index is 2.43. The van der Waals surface area contributed by atoms with E-state index in [-0.39, 0.29) is 0 Å². The maximum absolute atomic E-state index is 6.13. The minimum Gasteiger partial charge on any atom is -0.354 e. The molecular weight excluding hydrogens is 278 g/mol. The second-order valence-corrected chi connectivity index (χ2v) is 5.75. The van der Waals surface area contributed by atoms with Crippen LogP contribution < -0.4 is 4.90 Å². The van der Waals surface area contributed by atoms with E-state index >= 15 is 0 Å². The summed E-state index contributed by atoms with van der Waals surface area (Å²) in [5.74, 6) is 2.57. The minimum atomic E-state index is 0.473. The molecule has 3 nitrogen and oxygen atoms in total. The van der Waals surface area contributed by atoms with Crippen LogP contribution in [0.2, 0.25) is 0 Å².